The SMILES string of the molecule is CCN(CC1CCN(C(C)=O)CC1)C1CC(Cl)CC(C(=O)NCC2C(=O)NC(C)CC2C)C1. The van der Waals surface area contributed by atoms with Crippen LogP contribution in [0.25, 0.3) is 0 Å². The van der Waals surface area contributed by atoms with Gasteiger partial charge in [0.25, 0.3) is 0 Å². The van der Waals surface area contributed by atoms with Crippen LogP contribution >= 0.6 is 11.6 Å². The Bertz CT molecular complexity index is 697. The molecule has 3 rings (SSSR count). The monoisotopic (exact) mass is 482 g/mol. The van der Waals surface area contributed by atoms with Crippen LogP contribution in [0, 0.1) is 23.7 Å². The molecule has 6 unspecified atom stereocenters. The number of halogens is 1. The van der Waals surface area contributed by atoms with Crippen LogP contribution in [0.4, 0.5) is 0 Å². The lowest BCUT2D eigenvalue weighted by molar-refractivity contribution is -0.131. The van der Waals surface area contributed by atoms with Crippen molar-refractivity contribution in [3.8, 4) is 0 Å². The molecular formula is C25H43ClN4O3. The minimum Gasteiger partial charge on any atom is -0.355 e. The Kier molecular flexibility index (Phi) is 9.45. The first kappa shape index (κ1) is 26.3. The maximum atomic E-state index is 13.1. The number of piperidine rings is 2. The molecule has 3 fully saturated rings. The summed E-state index contributed by atoms with van der Waals surface area (Å²) < 4.78 is 0. The van der Waals surface area contributed by atoms with E-state index in [1.165, 1.54) is 0 Å². The van der Waals surface area contributed by atoms with E-state index in [4.69, 9.17) is 11.6 Å². The van der Waals surface area contributed by atoms with Gasteiger partial charge in [-0.1, -0.05) is 13.8 Å². The molecule has 3 aliphatic rings. The van der Waals surface area contributed by atoms with Crippen molar-refractivity contribution < 1.29 is 14.4 Å². The average Bonchev–Trinajstić information content (AvgIpc) is 2.76. The molecule has 1 aliphatic carbocycles. The van der Waals surface area contributed by atoms with Gasteiger partial charge in [-0.25, -0.2) is 0 Å². The fourth-order valence-corrected chi connectivity index (χ4v) is 6.49. The third-order valence-corrected chi connectivity index (χ3v) is 8.46. The number of carbonyl (C=O) groups excluding carboxylic acids is 3. The van der Waals surface area contributed by atoms with Gasteiger partial charge in [0.05, 0.1) is 5.92 Å². The van der Waals surface area contributed by atoms with Gasteiger partial charge < -0.3 is 20.4 Å². The van der Waals surface area contributed by atoms with Gasteiger partial charge in [-0.3, -0.25) is 14.4 Å². The maximum absolute atomic E-state index is 13.1. The lowest BCUT2D eigenvalue weighted by Crippen LogP contribution is -2.52. The number of hydrogen-bond donors (Lipinski definition) is 2. The van der Waals surface area contributed by atoms with Crippen molar-refractivity contribution in [3.63, 3.8) is 0 Å². The maximum Gasteiger partial charge on any atom is 0.225 e. The topological polar surface area (TPSA) is 81.8 Å². The molecule has 0 aromatic rings. The molecule has 2 aliphatic heterocycles. The normalized spacial score (nSPS) is 33.6. The lowest BCUT2D eigenvalue weighted by atomic mass is 9.82. The van der Waals surface area contributed by atoms with Gasteiger partial charge in [0.15, 0.2) is 0 Å². The predicted molar refractivity (Wildman–Crippen MR) is 131 cm³/mol. The Balaban J connectivity index is 1.52. The minimum absolute atomic E-state index is 0.00846. The van der Waals surface area contributed by atoms with E-state index < -0.39 is 0 Å². The van der Waals surface area contributed by atoms with Gasteiger partial charge >= 0.3 is 0 Å². The Morgan fingerprint density at radius 3 is 2.45 bits per heavy atom. The number of nitrogens with one attached hydrogen (secondary N) is 2. The third kappa shape index (κ3) is 7.08. The van der Waals surface area contributed by atoms with Gasteiger partial charge in [-0.05, 0) is 63.8 Å². The van der Waals surface area contributed by atoms with Crippen LogP contribution in [-0.4, -0.2) is 77.7 Å². The molecule has 0 aromatic carbocycles. The summed E-state index contributed by atoms with van der Waals surface area (Å²) in [6, 6.07) is 0.496. The quantitative estimate of drug-likeness (QED) is 0.546. The summed E-state index contributed by atoms with van der Waals surface area (Å²) in [5.74, 6) is 0.823. The number of carbonyl (C=O) groups is 3. The van der Waals surface area contributed by atoms with Crippen LogP contribution < -0.4 is 10.6 Å². The molecule has 0 radical (unpaired) electrons. The highest BCUT2D eigenvalue weighted by Crippen LogP contribution is 2.33. The Morgan fingerprint density at radius 1 is 1.15 bits per heavy atom. The Morgan fingerprint density at radius 2 is 1.85 bits per heavy atom. The molecule has 8 heteroatoms. The molecule has 33 heavy (non-hydrogen) atoms. The van der Waals surface area contributed by atoms with Crippen LogP contribution in [0.15, 0.2) is 0 Å². The van der Waals surface area contributed by atoms with E-state index in [2.05, 4.69) is 29.4 Å². The van der Waals surface area contributed by atoms with Gasteiger partial charge in [0.1, 0.15) is 0 Å². The molecule has 0 aromatic heterocycles. The van der Waals surface area contributed by atoms with Crippen molar-refractivity contribution in [1.82, 2.24) is 20.4 Å². The van der Waals surface area contributed by atoms with Crippen LogP contribution in [0.3, 0.4) is 0 Å². The highest BCUT2D eigenvalue weighted by atomic mass is 35.5. The molecule has 2 saturated heterocycles. The zero-order valence-corrected chi connectivity index (χ0v) is 21.6. The first-order valence-corrected chi connectivity index (χ1v) is 13.3. The fraction of sp³-hybridized carbons (Fsp3) is 0.880. The summed E-state index contributed by atoms with van der Waals surface area (Å²) in [5.41, 5.74) is 0. The molecule has 188 valence electrons. The number of hydrogen-bond acceptors (Lipinski definition) is 4. The molecule has 1 saturated carbocycles. The van der Waals surface area contributed by atoms with E-state index in [1.807, 2.05) is 11.8 Å². The van der Waals surface area contributed by atoms with E-state index in [1.54, 1.807) is 6.92 Å². The molecule has 7 nitrogen and oxygen atoms in total. The van der Waals surface area contributed by atoms with Gasteiger partial charge in [-0.2, -0.15) is 0 Å². The number of amides is 3. The summed E-state index contributed by atoms with van der Waals surface area (Å²) in [6.45, 7) is 12.0. The summed E-state index contributed by atoms with van der Waals surface area (Å²) in [7, 11) is 0. The van der Waals surface area contributed by atoms with Gasteiger partial charge in [0.2, 0.25) is 17.7 Å². The smallest absolute Gasteiger partial charge is 0.225 e. The number of alkyl halides is 1. The van der Waals surface area contributed by atoms with Crippen LogP contribution in [0.1, 0.15) is 66.2 Å². The molecule has 2 heterocycles. The fourth-order valence-electron chi connectivity index (χ4n) is 6.07. The van der Waals surface area contributed by atoms with Crippen LogP contribution in [0.2, 0.25) is 0 Å². The van der Waals surface area contributed by atoms with Crippen molar-refractivity contribution in [1.29, 1.82) is 0 Å². The lowest BCUT2D eigenvalue weighted by Gasteiger charge is -2.41. The molecule has 0 spiro atoms. The molecule has 0 bridgehead atoms. The molecule has 3 amide bonds. The zero-order valence-electron chi connectivity index (χ0n) is 20.8. The second kappa shape index (κ2) is 11.9. The number of likely N-dealkylation sites (tertiary alicyclic amines) is 1. The molecular weight excluding hydrogens is 440 g/mol. The standard InChI is InChI=1S/C25H43ClN4O3/c1-5-29(15-19-6-8-30(9-7-19)18(4)31)22-12-20(11-21(26)13-22)24(32)27-14-23-16(2)10-17(3)28-25(23)33/h16-17,19-23H,5-15H2,1-4H3,(H,27,32)(H,28,33). The predicted octanol–water partition coefficient (Wildman–Crippen LogP) is 2.62. The molecule has 6 atom stereocenters. The van der Waals surface area contributed by atoms with Crippen molar-refractivity contribution in [2.24, 2.45) is 23.7 Å². The van der Waals surface area contributed by atoms with E-state index in [0.717, 1.165) is 58.3 Å². The highest BCUT2D eigenvalue weighted by Gasteiger charge is 2.37. The van der Waals surface area contributed by atoms with Gasteiger partial charge in [0, 0.05) is 56.5 Å². The summed E-state index contributed by atoms with van der Waals surface area (Å²) >= 11 is 6.64. The molecule has 2 N–H and O–H groups in total. The number of nitrogens with zero attached hydrogens (tertiary/aromatic N) is 2. The number of rotatable bonds is 7. The minimum atomic E-state index is -0.163. The summed E-state index contributed by atoms with van der Waals surface area (Å²) in [4.78, 5) is 41.5. The van der Waals surface area contributed by atoms with Crippen molar-refractivity contribution in [2.45, 2.75) is 83.7 Å². The average molecular weight is 483 g/mol. The van der Waals surface area contributed by atoms with E-state index in [0.29, 0.717) is 24.9 Å². The highest BCUT2D eigenvalue weighted by molar-refractivity contribution is 6.20. The zero-order chi connectivity index (χ0) is 24.1. The summed E-state index contributed by atoms with van der Waals surface area (Å²) in [6.07, 6.45) is 5.44. The first-order chi connectivity index (χ1) is 15.7. The van der Waals surface area contributed by atoms with Crippen molar-refractivity contribution in [3.05, 3.63) is 0 Å². The largest absolute Gasteiger partial charge is 0.355 e. The van der Waals surface area contributed by atoms with Gasteiger partial charge in [-0.15, -0.1) is 11.6 Å². The Hall–Kier alpha value is -1.34. The van der Waals surface area contributed by atoms with E-state index in [-0.39, 0.29) is 46.9 Å². The second-order valence-corrected chi connectivity index (χ2v) is 11.3. The van der Waals surface area contributed by atoms with Crippen molar-refractivity contribution >= 4 is 29.3 Å². The van der Waals surface area contributed by atoms with Crippen LogP contribution in [-0.2, 0) is 14.4 Å². The third-order valence-electron chi connectivity index (χ3n) is 8.10. The van der Waals surface area contributed by atoms with Crippen molar-refractivity contribution in [2.75, 3.05) is 32.7 Å². The second-order valence-electron chi connectivity index (χ2n) is 10.7. The van der Waals surface area contributed by atoms with Crippen LogP contribution in [0.5, 0.6) is 0 Å². The Labute approximate surface area is 204 Å². The first-order valence-electron chi connectivity index (χ1n) is 12.9. The van der Waals surface area contributed by atoms with E-state index in [9.17, 15) is 14.4 Å². The summed E-state index contributed by atoms with van der Waals surface area (Å²) in [5, 5.41) is 6.08. The van der Waals surface area contributed by atoms with E-state index >= 15 is 0 Å².